The Hall–Kier alpha value is -2.40. The minimum atomic E-state index is -0.0820. The summed E-state index contributed by atoms with van der Waals surface area (Å²) in [4.78, 5) is 13.5. The third-order valence-corrected chi connectivity index (χ3v) is 3.93. The molecule has 120 valence electrons. The predicted octanol–water partition coefficient (Wildman–Crippen LogP) is 3.18. The van der Waals surface area contributed by atoms with Crippen molar-refractivity contribution >= 4 is 28.9 Å². The number of aryl methyl sites for hydroxylation is 1. The van der Waals surface area contributed by atoms with Gasteiger partial charge in [-0.25, -0.2) is 0 Å². The van der Waals surface area contributed by atoms with Crippen LogP contribution in [-0.4, -0.2) is 30.0 Å². The molecule has 2 rings (SSSR count). The van der Waals surface area contributed by atoms with Gasteiger partial charge in [-0.05, 0) is 49.0 Å². The van der Waals surface area contributed by atoms with E-state index >= 15 is 0 Å². The van der Waals surface area contributed by atoms with Crippen molar-refractivity contribution in [3.63, 3.8) is 0 Å². The van der Waals surface area contributed by atoms with Gasteiger partial charge in [-0.2, -0.15) is 0 Å². The summed E-state index contributed by atoms with van der Waals surface area (Å²) in [6, 6.07) is 15.6. The van der Waals surface area contributed by atoms with Crippen LogP contribution in [0.5, 0.6) is 0 Å². The van der Waals surface area contributed by atoms with E-state index in [-0.39, 0.29) is 5.91 Å². The Bertz CT molecular complexity index is 680. The van der Waals surface area contributed by atoms with Crippen LogP contribution >= 0.6 is 12.2 Å². The van der Waals surface area contributed by atoms with Crippen LogP contribution < -0.4 is 10.6 Å². The molecule has 0 atom stereocenters. The lowest BCUT2D eigenvalue weighted by atomic mass is 10.1. The number of amides is 1. The number of hydrogen-bond acceptors (Lipinski definition) is 2. The lowest BCUT2D eigenvalue weighted by molar-refractivity contribution is 0.0963. The summed E-state index contributed by atoms with van der Waals surface area (Å²) in [5, 5.41) is 6.49. The zero-order valence-electron chi connectivity index (χ0n) is 13.6. The molecule has 0 aliphatic carbocycles. The smallest absolute Gasteiger partial charge is 0.251 e. The summed E-state index contributed by atoms with van der Waals surface area (Å²) in [5.74, 6) is -0.0820. The van der Waals surface area contributed by atoms with Crippen LogP contribution in [0.2, 0.25) is 0 Å². The number of rotatable bonds is 4. The monoisotopic (exact) mass is 327 g/mol. The standard InChI is InChI=1S/C18H21N3OS/c1-13-4-10-16(11-5-13)20-18(23)21(3)12-14-6-8-15(9-7-14)17(22)19-2/h4-11H,12H2,1-3H3,(H,19,22)(H,20,23). The molecule has 2 aromatic carbocycles. The molecule has 0 heterocycles. The minimum Gasteiger partial charge on any atom is -0.355 e. The van der Waals surface area contributed by atoms with Gasteiger partial charge in [0.1, 0.15) is 0 Å². The van der Waals surface area contributed by atoms with E-state index in [1.165, 1.54) is 5.56 Å². The fourth-order valence-corrected chi connectivity index (χ4v) is 2.29. The van der Waals surface area contributed by atoms with Crippen LogP contribution in [0.25, 0.3) is 0 Å². The van der Waals surface area contributed by atoms with Crippen molar-refractivity contribution in [2.24, 2.45) is 0 Å². The summed E-state index contributed by atoms with van der Waals surface area (Å²) in [6.07, 6.45) is 0. The van der Waals surface area contributed by atoms with Crippen molar-refractivity contribution in [3.8, 4) is 0 Å². The molecular weight excluding hydrogens is 306 g/mol. The first-order chi connectivity index (χ1) is 11.0. The third kappa shape index (κ3) is 4.79. The maximum Gasteiger partial charge on any atom is 0.251 e. The van der Waals surface area contributed by atoms with Crippen LogP contribution in [0.3, 0.4) is 0 Å². The summed E-state index contributed by atoms with van der Waals surface area (Å²) < 4.78 is 0. The molecular formula is C18H21N3OS. The van der Waals surface area contributed by atoms with Crippen molar-refractivity contribution in [3.05, 3.63) is 65.2 Å². The van der Waals surface area contributed by atoms with Crippen LogP contribution in [0.15, 0.2) is 48.5 Å². The normalized spacial score (nSPS) is 10.0. The Labute approximate surface area is 142 Å². The van der Waals surface area contributed by atoms with Gasteiger partial charge in [-0.1, -0.05) is 29.8 Å². The predicted molar refractivity (Wildman–Crippen MR) is 98.7 cm³/mol. The van der Waals surface area contributed by atoms with Crippen molar-refractivity contribution < 1.29 is 4.79 Å². The SMILES string of the molecule is CNC(=O)c1ccc(CN(C)C(=S)Nc2ccc(C)cc2)cc1. The highest BCUT2D eigenvalue weighted by Gasteiger charge is 2.07. The molecule has 0 radical (unpaired) electrons. The van der Waals surface area contributed by atoms with Gasteiger partial charge in [0.05, 0.1) is 0 Å². The first-order valence-corrected chi connectivity index (χ1v) is 7.80. The lowest BCUT2D eigenvalue weighted by Crippen LogP contribution is -2.30. The molecule has 0 bridgehead atoms. The second kappa shape index (κ2) is 7.74. The molecule has 23 heavy (non-hydrogen) atoms. The largest absolute Gasteiger partial charge is 0.355 e. The van der Waals surface area contributed by atoms with Crippen molar-refractivity contribution in [1.29, 1.82) is 0 Å². The Morgan fingerprint density at radius 1 is 1.09 bits per heavy atom. The van der Waals surface area contributed by atoms with Gasteiger partial charge in [0.2, 0.25) is 0 Å². The molecule has 4 nitrogen and oxygen atoms in total. The molecule has 0 aliphatic heterocycles. The number of carbonyl (C=O) groups excluding carboxylic acids is 1. The van der Waals surface area contributed by atoms with Gasteiger partial charge in [-0.3, -0.25) is 4.79 Å². The summed E-state index contributed by atoms with van der Waals surface area (Å²) in [6.45, 7) is 2.72. The van der Waals surface area contributed by atoms with Crippen molar-refractivity contribution in [1.82, 2.24) is 10.2 Å². The minimum absolute atomic E-state index is 0.0820. The molecule has 0 spiro atoms. The molecule has 1 amide bonds. The molecule has 0 aromatic heterocycles. The van der Waals surface area contributed by atoms with E-state index < -0.39 is 0 Å². The van der Waals surface area contributed by atoms with Gasteiger partial charge in [0.15, 0.2) is 5.11 Å². The first kappa shape index (κ1) is 17.0. The van der Waals surface area contributed by atoms with Gasteiger partial charge < -0.3 is 15.5 Å². The number of nitrogens with one attached hydrogen (secondary N) is 2. The lowest BCUT2D eigenvalue weighted by Gasteiger charge is -2.21. The van der Waals surface area contributed by atoms with Gasteiger partial charge in [-0.15, -0.1) is 0 Å². The highest BCUT2D eigenvalue weighted by molar-refractivity contribution is 7.80. The Morgan fingerprint density at radius 2 is 1.70 bits per heavy atom. The van der Waals surface area contributed by atoms with Gasteiger partial charge in [0, 0.05) is 31.9 Å². The molecule has 0 aliphatic rings. The van der Waals surface area contributed by atoms with E-state index in [9.17, 15) is 4.79 Å². The summed E-state index contributed by atoms with van der Waals surface area (Å²) in [7, 11) is 3.56. The van der Waals surface area contributed by atoms with Crippen LogP contribution in [0.1, 0.15) is 21.5 Å². The zero-order valence-corrected chi connectivity index (χ0v) is 14.4. The average Bonchev–Trinajstić information content (AvgIpc) is 2.56. The summed E-state index contributed by atoms with van der Waals surface area (Å²) in [5.41, 5.74) is 3.93. The summed E-state index contributed by atoms with van der Waals surface area (Å²) >= 11 is 5.43. The van der Waals surface area contributed by atoms with Crippen LogP contribution in [-0.2, 0) is 6.54 Å². The number of benzene rings is 2. The van der Waals surface area contributed by atoms with E-state index in [2.05, 4.69) is 17.6 Å². The molecule has 0 unspecified atom stereocenters. The highest BCUT2D eigenvalue weighted by atomic mass is 32.1. The van der Waals surface area contributed by atoms with Crippen molar-refractivity contribution in [2.45, 2.75) is 13.5 Å². The Kier molecular flexibility index (Phi) is 5.71. The first-order valence-electron chi connectivity index (χ1n) is 7.39. The van der Waals surface area contributed by atoms with Crippen LogP contribution in [0, 0.1) is 6.92 Å². The van der Waals surface area contributed by atoms with Gasteiger partial charge in [0.25, 0.3) is 5.91 Å². The fourth-order valence-electron chi connectivity index (χ4n) is 2.11. The molecule has 2 N–H and O–H groups in total. The van der Waals surface area contributed by atoms with E-state index in [0.29, 0.717) is 17.2 Å². The molecule has 0 saturated carbocycles. The van der Waals surface area contributed by atoms with E-state index in [4.69, 9.17) is 12.2 Å². The number of thiocarbonyl (C=S) groups is 1. The Balaban J connectivity index is 1.95. The van der Waals surface area contributed by atoms with Gasteiger partial charge >= 0.3 is 0 Å². The van der Waals surface area contributed by atoms with E-state index in [1.54, 1.807) is 7.05 Å². The number of anilines is 1. The quantitative estimate of drug-likeness (QED) is 0.847. The number of hydrogen-bond donors (Lipinski definition) is 2. The highest BCUT2D eigenvalue weighted by Crippen LogP contribution is 2.11. The molecule has 0 saturated heterocycles. The third-order valence-electron chi connectivity index (χ3n) is 3.51. The second-order valence-corrected chi connectivity index (χ2v) is 5.81. The van der Waals surface area contributed by atoms with Crippen LogP contribution in [0.4, 0.5) is 5.69 Å². The number of carbonyl (C=O) groups is 1. The Morgan fingerprint density at radius 3 is 2.26 bits per heavy atom. The fraction of sp³-hybridized carbons (Fsp3) is 0.222. The van der Waals surface area contributed by atoms with Crippen molar-refractivity contribution in [2.75, 3.05) is 19.4 Å². The molecule has 5 heteroatoms. The average molecular weight is 327 g/mol. The van der Waals surface area contributed by atoms with E-state index in [0.717, 1.165) is 11.3 Å². The number of nitrogens with zero attached hydrogens (tertiary/aromatic N) is 1. The molecule has 0 fully saturated rings. The second-order valence-electron chi connectivity index (χ2n) is 5.43. The van der Waals surface area contributed by atoms with E-state index in [1.807, 2.05) is 60.5 Å². The maximum absolute atomic E-state index is 11.5. The zero-order chi connectivity index (χ0) is 16.8. The molecule has 2 aromatic rings. The maximum atomic E-state index is 11.5. The topological polar surface area (TPSA) is 44.4 Å².